The Balaban J connectivity index is 2.21. The van der Waals surface area contributed by atoms with Gasteiger partial charge in [0.15, 0.2) is 0 Å². The molecule has 3 heteroatoms. The van der Waals surface area contributed by atoms with Gasteiger partial charge in [-0.1, -0.05) is 6.42 Å². The molecular formula is C9H15NO2. The van der Waals surface area contributed by atoms with E-state index in [-0.39, 0.29) is 5.92 Å². The summed E-state index contributed by atoms with van der Waals surface area (Å²) in [6, 6.07) is 0. The molecule has 0 aromatic carbocycles. The van der Waals surface area contributed by atoms with E-state index in [1.54, 1.807) is 0 Å². The van der Waals surface area contributed by atoms with E-state index in [2.05, 4.69) is 0 Å². The lowest BCUT2D eigenvalue weighted by molar-refractivity contribution is -0.146. The predicted molar refractivity (Wildman–Crippen MR) is 44.6 cm³/mol. The topological polar surface area (TPSA) is 63.3 Å². The predicted octanol–water partition coefficient (Wildman–Crippen LogP) is 0.979. The van der Waals surface area contributed by atoms with Crippen LogP contribution in [0.4, 0.5) is 0 Å². The van der Waals surface area contributed by atoms with Crippen molar-refractivity contribution in [1.29, 1.82) is 0 Å². The Morgan fingerprint density at radius 1 is 1.42 bits per heavy atom. The molecule has 2 bridgehead atoms. The number of carboxylic acid groups (broad SMARTS) is 1. The Bertz CT molecular complexity index is 217. The van der Waals surface area contributed by atoms with E-state index in [1.165, 1.54) is 6.42 Å². The summed E-state index contributed by atoms with van der Waals surface area (Å²) in [4.78, 5) is 10.9. The fourth-order valence-corrected chi connectivity index (χ4v) is 2.73. The van der Waals surface area contributed by atoms with Crippen molar-refractivity contribution >= 4 is 5.97 Å². The molecule has 2 aliphatic carbocycles. The van der Waals surface area contributed by atoms with Crippen LogP contribution in [-0.2, 0) is 4.79 Å². The van der Waals surface area contributed by atoms with Crippen molar-refractivity contribution in [3.63, 3.8) is 0 Å². The van der Waals surface area contributed by atoms with Crippen LogP contribution in [0.5, 0.6) is 0 Å². The third-order valence-electron chi connectivity index (χ3n) is 3.63. The van der Waals surface area contributed by atoms with Crippen molar-refractivity contribution in [2.24, 2.45) is 17.6 Å². The van der Waals surface area contributed by atoms with Crippen molar-refractivity contribution in [2.45, 2.75) is 37.6 Å². The number of hydrogen-bond donors (Lipinski definition) is 2. The molecule has 3 nitrogen and oxygen atoms in total. The van der Waals surface area contributed by atoms with E-state index in [4.69, 9.17) is 10.8 Å². The Morgan fingerprint density at radius 3 is 2.83 bits per heavy atom. The standard InChI is InChI=1S/C9H15NO2/c10-9(8(11)12)4-3-6-1-2-7(9)5-6/h6-7H,1-5,10H2,(H,11,12). The molecule has 0 amide bonds. The summed E-state index contributed by atoms with van der Waals surface area (Å²) in [7, 11) is 0. The number of hydrogen-bond acceptors (Lipinski definition) is 2. The van der Waals surface area contributed by atoms with Crippen molar-refractivity contribution in [1.82, 2.24) is 0 Å². The molecule has 3 unspecified atom stereocenters. The molecule has 0 aromatic heterocycles. The summed E-state index contributed by atoms with van der Waals surface area (Å²) in [5, 5.41) is 8.99. The minimum atomic E-state index is -0.896. The van der Waals surface area contributed by atoms with Crippen LogP contribution < -0.4 is 5.73 Å². The van der Waals surface area contributed by atoms with Crippen LogP contribution in [0.25, 0.3) is 0 Å². The first-order valence-corrected chi connectivity index (χ1v) is 4.65. The highest BCUT2D eigenvalue weighted by atomic mass is 16.4. The van der Waals surface area contributed by atoms with Gasteiger partial charge < -0.3 is 10.8 Å². The molecule has 2 saturated carbocycles. The van der Waals surface area contributed by atoms with Gasteiger partial charge in [0.05, 0.1) is 0 Å². The van der Waals surface area contributed by atoms with Crippen molar-refractivity contribution < 1.29 is 9.90 Å². The summed E-state index contributed by atoms with van der Waals surface area (Å²) in [6.07, 6.45) is 4.95. The second kappa shape index (κ2) is 2.46. The maximum atomic E-state index is 10.9. The molecule has 0 heterocycles. The van der Waals surface area contributed by atoms with Gasteiger partial charge in [-0.15, -0.1) is 0 Å². The van der Waals surface area contributed by atoms with Gasteiger partial charge in [0, 0.05) is 0 Å². The molecule has 0 aliphatic heterocycles. The molecule has 0 aromatic rings. The fraction of sp³-hybridized carbons (Fsp3) is 0.889. The first-order valence-electron chi connectivity index (χ1n) is 4.65. The maximum absolute atomic E-state index is 10.9. The molecule has 0 saturated heterocycles. The first-order chi connectivity index (χ1) is 5.63. The van der Waals surface area contributed by atoms with Gasteiger partial charge in [-0.2, -0.15) is 0 Å². The van der Waals surface area contributed by atoms with Crippen LogP contribution >= 0.6 is 0 Å². The van der Waals surface area contributed by atoms with E-state index < -0.39 is 11.5 Å². The fourth-order valence-electron chi connectivity index (χ4n) is 2.73. The average molecular weight is 169 g/mol. The van der Waals surface area contributed by atoms with Crippen LogP contribution in [0.15, 0.2) is 0 Å². The molecule has 2 rings (SSSR count). The van der Waals surface area contributed by atoms with Gasteiger partial charge in [0.25, 0.3) is 0 Å². The third kappa shape index (κ3) is 0.959. The van der Waals surface area contributed by atoms with E-state index in [0.29, 0.717) is 6.42 Å². The van der Waals surface area contributed by atoms with Crippen molar-refractivity contribution in [2.75, 3.05) is 0 Å². The number of carbonyl (C=O) groups is 1. The van der Waals surface area contributed by atoms with Gasteiger partial charge >= 0.3 is 5.97 Å². The summed E-state index contributed by atoms with van der Waals surface area (Å²) >= 11 is 0. The Morgan fingerprint density at radius 2 is 2.17 bits per heavy atom. The van der Waals surface area contributed by atoms with Crippen LogP contribution in [0, 0.1) is 11.8 Å². The van der Waals surface area contributed by atoms with Crippen LogP contribution in [-0.4, -0.2) is 16.6 Å². The highest BCUT2D eigenvalue weighted by molar-refractivity contribution is 5.79. The van der Waals surface area contributed by atoms with Crippen LogP contribution in [0.2, 0.25) is 0 Å². The molecule has 0 spiro atoms. The van der Waals surface area contributed by atoms with Gasteiger partial charge in [0.2, 0.25) is 0 Å². The smallest absolute Gasteiger partial charge is 0.323 e. The van der Waals surface area contributed by atoms with Gasteiger partial charge in [-0.3, -0.25) is 4.79 Å². The zero-order valence-electron chi connectivity index (χ0n) is 7.12. The molecule has 12 heavy (non-hydrogen) atoms. The van der Waals surface area contributed by atoms with E-state index in [9.17, 15) is 4.79 Å². The third-order valence-corrected chi connectivity index (χ3v) is 3.63. The van der Waals surface area contributed by atoms with E-state index in [1.807, 2.05) is 0 Å². The number of aliphatic carboxylic acids is 1. The van der Waals surface area contributed by atoms with Gasteiger partial charge in [0.1, 0.15) is 5.54 Å². The lowest BCUT2D eigenvalue weighted by Gasteiger charge is -2.35. The van der Waals surface area contributed by atoms with Gasteiger partial charge in [-0.25, -0.2) is 0 Å². The molecular weight excluding hydrogens is 154 g/mol. The Labute approximate surface area is 71.9 Å². The highest BCUT2D eigenvalue weighted by Crippen LogP contribution is 2.46. The summed E-state index contributed by atoms with van der Waals surface area (Å²) in [5.41, 5.74) is 4.99. The lowest BCUT2D eigenvalue weighted by atomic mass is 9.74. The molecule has 3 N–H and O–H groups in total. The lowest BCUT2D eigenvalue weighted by Crippen LogP contribution is -2.54. The number of fused-ring (bicyclic) bond motifs is 2. The normalized spacial score (nSPS) is 46.1. The summed E-state index contributed by atoms with van der Waals surface area (Å²) in [6.45, 7) is 0. The average Bonchev–Trinajstić information content (AvgIpc) is 2.43. The van der Waals surface area contributed by atoms with Crippen molar-refractivity contribution in [3.8, 4) is 0 Å². The molecule has 2 fully saturated rings. The summed E-state index contributed by atoms with van der Waals surface area (Å²) in [5.74, 6) is 0.215. The number of rotatable bonds is 1. The molecule has 3 atom stereocenters. The summed E-state index contributed by atoms with van der Waals surface area (Å²) < 4.78 is 0. The second-order valence-corrected chi connectivity index (χ2v) is 4.26. The maximum Gasteiger partial charge on any atom is 0.323 e. The zero-order valence-corrected chi connectivity index (χ0v) is 7.12. The largest absolute Gasteiger partial charge is 0.480 e. The minimum absolute atomic E-state index is 0.244. The number of nitrogens with two attached hydrogens (primary N) is 1. The number of carboxylic acids is 1. The zero-order chi connectivity index (χ0) is 8.77. The Kier molecular flexibility index (Phi) is 1.65. The molecule has 68 valence electrons. The minimum Gasteiger partial charge on any atom is -0.480 e. The van der Waals surface area contributed by atoms with Gasteiger partial charge in [-0.05, 0) is 37.5 Å². The highest BCUT2D eigenvalue weighted by Gasteiger charge is 2.49. The monoisotopic (exact) mass is 169 g/mol. The second-order valence-electron chi connectivity index (χ2n) is 4.26. The molecule has 0 radical (unpaired) electrons. The molecule has 2 aliphatic rings. The van der Waals surface area contributed by atoms with Crippen LogP contribution in [0.1, 0.15) is 32.1 Å². The SMILES string of the molecule is NC1(C(=O)O)CCC2CCC1C2. The quantitative estimate of drug-likeness (QED) is 0.615. The Hall–Kier alpha value is -0.570. The van der Waals surface area contributed by atoms with E-state index in [0.717, 1.165) is 25.2 Å². The van der Waals surface area contributed by atoms with Crippen LogP contribution in [0.3, 0.4) is 0 Å². The van der Waals surface area contributed by atoms with E-state index >= 15 is 0 Å². The van der Waals surface area contributed by atoms with Crippen molar-refractivity contribution in [3.05, 3.63) is 0 Å². The first kappa shape index (κ1) is 8.05.